The van der Waals surface area contributed by atoms with E-state index in [1.807, 2.05) is 6.92 Å². The summed E-state index contributed by atoms with van der Waals surface area (Å²) in [6, 6.07) is 13.5. The monoisotopic (exact) mass is 475 g/mol. The fraction of sp³-hybridized carbons (Fsp3) is 0.375. The average Bonchev–Trinajstić information content (AvgIpc) is 2.81. The number of nitrogens with one attached hydrogen (secondary N) is 1. The molecule has 2 aromatic rings. The summed E-state index contributed by atoms with van der Waals surface area (Å²) in [4.78, 5) is 35.4. The Kier molecular flexibility index (Phi) is 10.7. The molecule has 2 rings (SSSR count). The zero-order chi connectivity index (χ0) is 24.2. The van der Waals surface area contributed by atoms with Crippen LogP contribution in [0, 0.1) is 5.92 Å². The second-order valence-electron chi connectivity index (χ2n) is 7.37. The number of aliphatic hydroxyl groups is 1. The van der Waals surface area contributed by atoms with E-state index in [2.05, 4.69) is 17.9 Å². The number of rotatable bonds is 12. The molecule has 0 aliphatic heterocycles. The molecule has 8 nitrogen and oxygen atoms in total. The first-order valence-electron chi connectivity index (χ1n) is 10.5. The lowest BCUT2D eigenvalue weighted by atomic mass is 9.94. The summed E-state index contributed by atoms with van der Waals surface area (Å²) < 4.78 is 16.2. The Balaban J connectivity index is 2.10. The summed E-state index contributed by atoms with van der Waals surface area (Å²) in [5.74, 6) is -0.0816. The van der Waals surface area contributed by atoms with Gasteiger partial charge in [0, 0.05) is 17.2 Å². The highest BCUT2D eigenvalue weighted by molar-refractivity contribution is 7.81. The van der Waals surface area contributed by atoms with Crippen molar-refractivity contribution >= 4 is 36.2 Å². The van der Waals surface area contributed by atoms with Gasteiger partial charge in [-0.15, -0.1) is 0 Å². The zero-order valence-electron chi connectivity index (χ0n) is 18.7. The number of carbonyl (C=O) groups excluding carboxylic acids is 3. The van der Waals surface area contributed by atoms with E-state index in [-0.39, 0.29) is 37.3 Å². The summed E-state index contributed by atoms with van der Waals surface area (Å²) in [6.07, 6.45) is -0.813. The van der Waals surface area contributed by atoms with Crippen LogP contribution in [-0.2, 0) is 14.3 Å². The van der Waals surface area contributed by atoms with E-state index < -0.39 is 18.2 Å². The molecule has 0 aliphatic carbocycles. The maximum Gasteiger partial charge on any atom is 0.412 e. The van der Waals surface area contributed by atoms with Crippen LogP contribution in [0.15, 0.2) is 48.5 Å². The molecule has 0 aromatic heterocycles. The molecule has 0 bridgehead atoms. The topological polar surface area (TPSA) is 111 Å². The van der Waals surface area contributed by atoms with Crippen LogP contribution in [-0.4, -0.2) is 48.5 Å². The molecule has 0 fully saturated rings. The first kappa shape index (κ1) is 26.2. The van der Waals surface area contributed by atoms with Gasteiger partial charge in [-0.05, 0) is 55.3 Å². The van der Waals surface area contributed by atoms with Crippen molar-refractivity contribution in [2.75, 3.05) is 30.9 Å². The van der Waals surface area contributed by atoms with Crippen molar-refractivity contribution in [2.45, 2.75) is 26.4 Å². The molecule has 33 heavy (non-hydrogen) atoms. The number of hydrogen-bond acceptors (Lipinski definition) is 8. The number of esters is 1. The number of amides is 1. The predicted octanol–water partition coefficient (Wildman–Crippen LogP) is 4.05. The first-order valence-corrected chi connectivity index (χ1v) is 11.2. The molecule has 0 radical (unpaired) electrons. The van der Waals surface area contributed by atoms with Crippen molar-refractivity contribution in [1.29, 1.82) is 0 Å². The Bertz CT molecular complexity index is 915. The van der Waals surface area contributed by atoms with Gasteiger partial charge in [-0.2, -0.15) is 12.6 Å². The highest BCUT2D eigenvalue weighted by atomic mass is 32.1. The largest absolute Gasteiger partial charge is 0.491 e. The van der Waals surface area contributed by atoms with E-state index in [0.29, 0.717) is 23.4 Å². The molecule has 2 atom stereocenters. The Morgan fingerprint density at radius 3 is 2.27 bits per heavy atom. The Labute approximate surface area is 198 Å². The summed E-state index contributed by atoms with van der Waals surface area (Å²) in [5, 5.41) is 11.6. The fourth-order valence-corrected chi connectivity index (χ4v) is 3.13. The molecule has 0 saturated heterocycles. The smallest absolute Gasteiger partial charge is 0.412 e. The number of aliphatic hydroxyl groups excluding tert-OH is 1. The third kappa shape index (κ3) is 8.78. The Morgan fingerprint density at radius 1 is 1.03 bits per heavy atom. The summed E-state index contributed by atoms with van der Waals surface area (Å²) in [6.45, 7) is 3.62. The number of benzene rings is 2. The number of thiol groups is 1. The van der Waals surface area contributed by atoms with Crippen molar-refractivity contribution in [3.8, 4) is 5.75 Å². The molecule has 2 N–H and O–H groups in total. The van der Waals surface area contributed by atoms with Gasteiger partial charge in [-0.3, -0.25) is 14.9 Å². The molecule has 0 heterocycles. The lowest BCUT2D eigenvalue weighted by molar-refractivity contribution is -0.141. The standard InChI is InChI=1S/C24H29NO7S/c1-16(11-13-31-22(28)15-33)23(19-5-9-21(10-6-19)30-14-12-26)32-24(29)25-20-7-3-18(4-8-20)17(2)27/h3-10,16,23,26,33H,11-15H2,1-2H3,(H,25,29)/t16-,23-/m1/s1. The van der Waals surface area contributed by atoms with Crippen molar-refractivity contribution in [1.82, 2.24) is 0 Å². The van der Waals surface area contributed by atoms with Gasteiger partial charge in [0.25, 0.3) is 0 Å². The maximum atomic E-state index is 12.6. The summed E-state index contributed by atoms with van der Waals surface area (Å²) >= 11 is 3.88. The third-order valence-electron chi connectivity index (χ3n) is 4.82. The average molecular weight is 476 g/mol. The van der Waals surface area contributed by atoms with Gasteiger partial charge >= 0.3 is 12.1 Å². The molecule has 1 amide bonds. The molecule has 0 unspecified atom stereocenters. The molecule has 0 aliphatic rings. The van der Waals surface area contributed by atoms with Crippen LogP contribution >= 0.6 is 12.6 Å². The van der Waals surface area contributed by atoms with E-state index in [4.69, 9.17) is 19.3 Å². The van der Waals surface area contributed by atoms with Gasteiger partial charge in [0.05, 0.1) is 19.0 Å². The lowest BCUT2D eigenvalue weighted by Gasteiger charge is -2.25. The minimum absolute atomic E-state index is 0.00552. The Morgan fingerprint density at radius 2 is 1.70 bits per heavy atom. The van der Waals surface area contributed by atoms with Crippen LogP contribution in [0.4, 0.5) is 10.5 Å². The second kappa shape index (κ2) is 13.5. The number of anilines is 1. The molecular formula is C24H29NO7S. The van der Waals surface area contributed by atoms with Crippen LogP contribution in [0.2, 0.25) is 0 Å². The van der Waals surface area contributed by atoms with E-state index in [9.17, 15) is 14.4 Å². The molecule has 9 heteroatoms. The van der Waals surface area contributed by atoms with E-state index in [1.54, 1.807) is 48.5 Å². The van der Waals surface area contributed by atoms with Gasteiger partial charge in [0.15, 0.2) is 5.78 Å². The number of hydrogen-bond donors (Lipinski definition) is 3. The molecule has 2 aromatic carbocycles. The highest BCUT2D eigenvalue weighted by Gasteiger charge is 2.24. The Hall–Kier alpha value is -3.04. The van der Waals surface area contributed by atoms with Gasteiger partial charge in [-0.1, -0.05) is 19.1 Å². The van der Waals surface area contributed by atoms with Crippen LogP contribution in [0.5, 0.6) is 5.75 Å². The normalized spacial score (nSPS) is 12.4. The minimum Gasteiger partial charge on any atom is -0.491 e. The second-order valence-corrected chi connectivity index (χ2v) is 7.69. The molecule has 0 spiro atoms. The molecule has 178 valence electrons. The van der Waals surface area contributed by atoms with E-state index in [1.165, 1.54) is 6.92 Å². The number of Topliss-reactive ketones (excluding diaryl/α,β-unsaturated/α-hetero) is 1. The van der Waals surface area contributed by atoms with Crippen LogP contribution in [0.3, 0.4) is 0 Å². The quantitative estimate of drug-likeness (QED) is 0.241. The zero-order valence-corrected chi connectivity index (χ0v) is 19.5. The summed E-state index contributed by atoms with van der Waals surface area (Å²) in [5.41, 5.74) is 1.77. The minimum atomic E-state index is -0.657. The molecular weight excluding hydrogens is 446 g/mol. The van der Waals surface area contributed by atoms with E-state index >= 15 is 0 Å². The van der Waals surface area contributed by atoms with Gasteiger partial charge < -0.3 is 19.3 Å². The highest BCUT2D eigenvalue weighted by Crippen LogP contribution is 2.30. The van der Waals surface area contributed by atoms with Crippen molar-refractivity contribution in [3.05, 3.63) is 59.7 Å². The van der Waals surface area contributed by atoms with Gasteiger partial charge in [-0.25, -0.2) is 4.79 Å². The maximum absolute atomic E-state index is 12.6. The SMILES string of the molecule is CC(=O)c1ccc(NC(=O)O[C@@H](c2ccc(OCCO)cc2)[C@H](C)CCOC(=O)CS)cc1. The van der Waals surface area contributed by atoms with E-state index in [0.717, 1.165) is 5.56 Å². The lowest BCUT2D eigenvalue weighted by Crippen LogP contribution is -2.23. The van der Waals surface area contributed by atoms with Gasteiger partial charge in [0.2, 0.25) is 0 Å². The van der Waals surface area contributed by atoms with Crippen molar-refractivity contribution < 1.29 is 33.7 Å². The number of ketones is 1. The van der Waals surface area contributed by atoms with Crippen LogP contribution < -0.4 is 10.1 Å². The van der Waals surface area contributed by atoms with Crippen LogP contribution in [0.25, 0.3) is 0 Å². The molecule has 0 saturated carbocycles. The number of carbonyl (C=O) groups is 3. The fourth-order valence-electron chi connectivity index (χ4n) is 3.04. The summed E-state index contributed by atoms with van der Waals surface area (Å²) in [7, 11) is 0. The number of ether oxygens (including phenoxy) is 3. The first-order chi connectivity index (χ1) is 15.8. The third-order valence-corrected chi connectivity index (χ3v) is 5.08. The van der Waals surface area contributed by atoms with Gasteiger partial charge in [0.1, 0.15) is 18.5 Å². The predicted molar refractivity (Wildman–Crippen MR) is 127 cm³/mol. The van der Waals surface area contributed by atoms with Crippen LogP contribution in [0.1, 0.15) is 42.3 Å². The van der Waals surface area contributed by atoms with Crippen molar-refractivity contribution in [3.63, 3.8) is 0 Å². The van der Waals surface area contributed by atoms with Crippen molar-refractivity contribution in [2.24, 2.45) is 5.92 Å².